The maximum atomic E-state index is 12.7. The van der Waals surface area contributed by atoms with Crippen LogP contribution < -0.4 is 11.1 Å². The van der Waals surface area contributed by atoms with E-state index in [1.807, 2.05) is 24.3 Å². The van der Waals surface area contributed by atoms with Crippen molar-refractivity contribution in [3.63, 3.8) is 0 Å². The fraction of sp³-hybridized carbons (Fsp3) is 0.316. The first-order valence-corrected chi connectivity index (χ1v) is 8.48. The van der Waals surface area contributed by atoms with E-state index in [0.717, 1.165) is 17.2 Å². The van der Waals surface area contributed by atoms with Crippen molar-refractivity contribution in [2.75, 3.05) is 19.6 Å². The third kappa shape index (κ3) is 3.86. The number of nitrogens with one attached hydrogen (secondary N) is 1. The van der Waals surface area contributed by atoms with E-state index in [9.17, 15) is 14.4 Å². The summed E-state index contributed by atoms with van der Waals surface area (Å²) >= 11 is 0. The van der Waals surface area contributed by atoms with Crippen LogP contribution in [-0.4, -0.2) is 42.3 Å². The Bertz CT molecular complexity index is 787. The number of hydrogen-bond acceptors (Lipinski definition) is 4. The first-order valence-electron chi connectivity index (χ1n) is 8.48. The molecular weight excluding hydrogens is 354 g/mol. The molecule has 3 N–H and O–H groups in total. The quantitative estimate of drug-likeness (QED) is 0.572. The molecule has 1 aliphatic heterocycles. The lowest BCUT2D eigenvalue weighted by Gasteiger charge is -2.27. The van der Waals surface area contributed by atoms with Gasteiger partial charge in [-0.05, 0) is 36.9 Å². The van der Waals surface area contributed by atoms with Crippen LogP contribution in [0.25, 0.3) is 10.8 Å². The lowest BCUT2D eigenvalue weighted by molar-refractivity contribution is -0.121. The molecule has 0 bridgehead atoms. The summed E-state index contributed by atoms with van der Waals surface area (Å²) in [5, 5.41) is 4.37. The van der Waals surface area contributed by atoms with Crippen molar-refractivity contribution in [1.29, 1.82) is 0 Å². The predicted molar refractivity (Wildman–Crippen MR) is 102 cm³/mol. The molecule has 7 heteroatoms. The molecule has 1 aliphatic rings. The molecule has 0 unspecified atom stereocenters. The van der Waals surface area contributed by atoms with E-state index in [-0.39, 0.29) is 43.1 Å². The van der Waals surface area contributed by atoms with Crippen LogP contribution in [0, 0.1) is 0 Å². The first kappa shape index (κ1) is 19.9. The highest BCUT2D eigenvalue weighted by Crippen LogP contribution is 2.29. The van der Waals surface area contributed by atoms with Gasteiger partial charge in [0, 0.05) is 36.0 Å². The summed E-state index contributed by atoms with van der Waals surface area (Å²) in [6, 6.07) is 10.9. The number of imide groups is 1. The molecule has 2 aromatic carbocycles. The van der Waals surface area contributed by atoms with Gasteiger partial charge in [0.05, 0.1) is 0 Å². The molecule has 3 amide bonds. The minimum Gasteiger partial charge on any atom is -0.356 e. The molecule has 1 heterocycles. The zero-order valence-electron chi connectivity index (χ0n) is 14.4. The van der Waals surface area contributed by atoms with Crippen LogP contribution in [0.15, 0.2) is 36.4 Å². The molecule has 0 saturated carbocycles. The van der Waals surface area contributed by atoms with Crippen molar-refractivity contribution < 1.29 is 14.4 Å². The summed E-state index contributed by atoms with van der Waals surface area (Å²) in [6.45, 7) is 1.31. The van der Waals surface area contributed by atoms with E-state index in [0.29, 0.717) is 30.6 Å². The Labute approximate surface area is 158 Å². The normalized spacial score (nSPS) is 12.9. The third-order valence-corrected chi connectivity index (χ3v) is 4.34. The minimum absolute atomic E-state index is 0. The Morgan fingerprint density at radius 2 is 1.62 bits per heavy atom. The highest BCUT2D eigenvalue weighted by molar-refractivity contribution is 6.25. The summed E-state index contributed by atoms with van der Waals surface area (Å²) in [6.07, 6.45) is 1.44. The highest BCUT2D eigenvalue weighted by Gasteiger charge is 2.32. The Morgan fingerprint density at radius 1 is 1.00 bits per heavy atom. The Balaban J connectivity index is 0.00000243. The molecule has 138 valence electrons. The number of carbonyl (C=O) groups excluding carboxylic acids is 3. The average molecular weight is 376 g/mol. The second-order valence-electron chi connectivity index (χ2n) is 6.07. The number of rotatable bonds is 7. The fourth-order valence-electron chi connectivity index (χ4n) is 3.10. The van der Waals surface area contributed by atoms with Gasteiger partial charge in [0.25, 0.3) is 11.8 Å². The van der Waals surface area contributed by atoms with Gasteiger partial charge in [0.2, 0.25) is 5.91 Å². The summed E-state index contributed by atoms with van der Waals surface area (Å²) < 4.78 is 0. The predicted octanol–water partition coefficient (Wildman–Crippen LogP) is 2.10. The zero-order valence-corrected chi connectivity index (χ0v) is 15.2. The standard InChI is InChI=1S/C19H21N3O3.ClH/c20-10-4-11-21-16(23)9-3-12-22-18(24)14-7-1-5-13-6-2-8-15(17(13)14)19(22)25;/h1-2,5-8H,3-4,9-12,20H2,(H,21,23);1H. The number of benzene rings is 2. The van der Waals surface area contributed by atoms with Gasteiger partial charge in [-0.3, -0.25) is 19.3 Å². The summed E-state index contributed by atoms with van der Waals surface area (Å²) in [5.74, 6) is -0.677. The molecule has 2 aromatic rings. The van der Waals surface area contributed by atoms with Crippen molar-refractivity contribution >= 4 is 40.9 Å². The summed E-state index contributed by atoms with van der Waals surface area (Å²) in [5.41, 5.74) is 6.46. The highest BCUT2D eigenvalue weighted by atomic mass is 35.5. The van der Waals surface area contributed by atoms with Gasteiger partial charge in [-0.15, -0.1) is 12.4 Å². The van der Waals surface area contributed by atoms with Crippen LogP contribution in [0.1, 0.15) is 40.0 Å². The molecule has 0 radical (unpaired) electrons. The van der Waals surface area contributed by atoms with E-state index >= 15 is 0 Å². The van der Waals surface area contributed by atoms with Crippen molar-refractivity contribution in [3.05, 3.63) is 47.5 Å². The monoisotopic (exact) mass is 375 g/mol. The topological polar surface area (TPSA) is 92.5 Å². The Hall–Kier alpha value is -2.44. The number of nitrogens with zero attached hydrogens (tertiary/aromatic N) is 1. The largest absolute Gasteiger partial charge is 0.356 e. The molecule has 0 spiro atoms. The summed E-state index contributed by atoms with van der Waals surface area (Å²) in [7, 11) is 0. The van der Waals surface area contributed by atoms with Crippen molar-refractivity contribution in [2.45, 2.75) is 19.3 Å². The molecule has 0 aliphatic carbocycles. The van der Waals surface area contributed by atoms with Crippen molar-refractivity contribution in [1.82, 2.24) is 10.2 Å². The van der Waals surface area contributed by atoms with Gasteiger partial charge in [-0.1, -0.05) is 24.3 Å². The van der Waals surface area contributed by atoms with E-state index in [2.05, 4.69) is 5.32 Å². The second-order valence-corrected chi connectivity index (χ2v) is 6.07. The van der Waals surface area contributed by atoms with Crippen LogP contribution in [0.2, 0.25) is 0 Å². The number of nitrogens with two attached hydrogens (primary N) is 1. The van der Waals surface area contributed by atoms with E-state index in [1.165, 1.54) is 4.90 Å². The van der Waals surface area contributed by atoms with Crippen LogP contribution in [0.4, 0.5) is 0 Å². The van der Waals surface area contributed by atoms with Gasteiger partial charge >= 0.3 is 0 Å². The Kier molecular flexibility index (Phi) is 6.71. The first-order chi connectivity index (χ1) is 12.1. The molecule has 0 atom stereocenters. The number of halogens is 1. The third-order valence-electron chi connectivity index (χ3n) is 4.34. The van der Waals surface area contributed by atoms with Gasteiger partial charge in [-0.25, -0.2) is 0 Å². The molecule has 0 aromatic heterocycles. The Morgan fingerprint density at radius 3 is 2.19 bits per heavy atom. The maximum Gasteiger partial charge on any atom is 0.261 e. The van der Waals surface area contributed by atoms with Crippen LogP contribution in [0.5, 0.6) is 0 Å². The van der Waals surface area contributed by atoms with E-state index in [4.69, 9.17) is 5.73 Å². The average Bonchev–Trinajstić information content (AvgIpc) is 2.62. The van der Waals surface area contributed by atoms with Gasteiger partial charge in [0.15, 0.2) is 0 Å². The molecular formula is C19H22ClN3O3. The summed E-state index contributed by atoms with van der Waals surface area (Å²) in [4.78, 5) is 38.4. The van der Waals surface area contributed by atoms with Crippen LogP contribution in [-0.2, 0) is 4.79 Å². The number of hydrogen-bond donors (Lipinski definition) is 2. The lowest BCUT2D eigenvalue weighted by atomic mass is 9.94. The fourth-order valence-corrected chi connectivity index (χ4v) is 3.10. The zero-order chi connectivity index (χ0) is 17.8. The van der Waals surface area contributed by atoms with Crippen molar-refractivity contribution in [2.24, 2.45) is 5.73 Å². The smallest absolute Gasteiger partial charge is 0.261 e. The second kappa shape index (κ2) is 8.78. The van der Waals surface area contributed by atoms with Gasteiger partial charge < -0.3 is 11.1 Å². The van der Waals surface area contributed by atoms with Gasteiger partial charge in [0.1, 0.15) is 0 Å². The van der Waals surface area contributed by atoms with Crippen molar-refractivity contribution in [3.8, 4) is 0 Å². The molecule has 6 nitrogen and oxygen atoms in total. The molecule has 0 saturated heterocycles. The van der Waals surface area contributed by atoms with Crippen LogP contribution in [0.3, 0.4) is 0 Å². The number of amides is 3. The molecule has 26 heavy (non-hydrogen) atoms. The molecule has 3 rings (SSSR count). The van der Waals surface area contributed by atoms with Crippen LogP contribution >= 0.6 is 12.4 Å². The minimum atomic E-state index is -0.294. The van der Waals surface area contributed by atoms with E-state index < -0.39 is 0 Å². The van der Waals surface area contributed by atoms with E-state index in [1.54, 1.807) is 12.1 Å². The number of carbonyl (C=O) groups is 3. The van der Waals surface area contributed by atoms with Gasteiger partial charge in [-0.2, -0.15) is 0 Å². The lowest BCUT2D eigenvalue weighted by Crippen LogP contribution is -2.41. The SMILES string of the molecule is Cl.NCCCNC(=O)CCCN1C(=O)c2cccc3cccc(c23)C1=O. The maximum absolute atomic E-state index is 12.7. The molecule has 0 fully saturated rings.